The summed E-state index contributed by atoms with van der Waals surface area (Å²) in [5.74, 6) is 0.0143. The smallest absolute Gasteiger partial charge is 0.243 e. The lowest BCUT2D eigenvalue weighted by Crippen LogP contribution is -2.26. The van der Waals surface area contributed by atoms with E-state index in [-0.39, 0.29) is 24.0 Å². The first kappa shape index (κ1) is 17.9. The molecule has 0 aliphatic heterocycles. The number of phenolic OH excluding ortho intramolecular Hbond substituents is 1. The number of carbonyl (C=O) groups excluding carboxylic acids is 1. The van der Waals surface area contributed by atoms with Crippen LogP contribution in [0.25, 0.3) is 11.3 Å². The van der Waals surface area contributed by atoms with Crippen molar-refractivity contribution in [1.82, 2.24) is 14.7 Å². The summed E-state index contributed by atoms with van der Waals surface area (Å²) in [7, 11) is 3.34. The maximum atomic E-state index is 11.8. The molecule has 0 saturated carbocycles. The van der Waals surface area contributed by atoms with Crippen molar-refractivity contribution < 1.29 is 9.90 Å². The number of carbonyl (C=O) groups is 1. The SMILES string of the molecule is CN(C)C(=O)Cn1cc(C(/C=C(\N)c2ccccc2O)=C(N)N)cn1. The first-order valence-corrected chi connectivity index (χ1v) is 7.53. The number of aromatic nitrogens is 2. The largest absolute Gasteiger partial charge is 0.507 e. The van der Waals surface area contributed by atoms with Gasteiger partial charge in [0.1, 0.15) is 18.1 Å². The standard InChI is InChI=1S/C17H22N6O2/c1-22(2)16(25)10-23-9-11(8-21-23)13(17(19)20)7-14(18)12-5-3-4-6-15(12)24/h3-9,24H,10,18-20H2,1-2H3/b14-7-. The van der Waals surface area contributed by atoms with E-state index in [0.717, 1.165) is 0 Å². The minimum Gasteiger partial charge on any atom is -0.507 e. The number of rotatable bonds is 5. The van der Waals surface area contributed by atoms with Gasteiger partial charge in [-0.1, -0.05) is 12.1 Å². The topological polar surface area (TPSA) is 136 Å². The highest BCUT2D eigenvalue weighted by Crippen LogP contribution is 2.25. The quantitative estimate of drug-likeness (QED) is 0.575. The van der Waals surface area contributed by atoms with Gasteiger partial charge in [0.05, 0.1) is 6.20 Å². The van der Waals surface area contributed by atoms with E-state index >= 15 is 0 Å². The number of likely N-dealkylation sites (N-methyl/N-ethyl adjacent to an activating group) is 1. The van der Waals surface area contributed by atoms with Gasteiger partial charge in [0.25, 0.3) is 0 Å². The molecule has 8 heteroatoms. The number of nitrogens with two attached hydrogens (primary N) is 3. The van der Waals surface area contributed by atoms with Gasteiger partial charge < -0.3 is 27.2 Å². The highest BCUT2D eigenvalue weighted by atomic mass is 16.3. The molecule has 0 saturated heterocycles. The first-order valence-electron chi connectivity index (χ1n) is 7.53. The molecule has 0 spiro atoms. The number of para-hydroxylation sites is 1. The number of hydrogen-bond acceptors (Lipinski definition) is 6. The van der Waals surface area contributed by atoms with Crippen molar-refractivity contribution in [3.63, 3.8) is 0 Å². The number of phenols is 1. The summed E-state index contributed by atoms with van der Waals surface area (Å²) in [6.45, 7) is 0.101. The maximum Gasteiger partial charge on any atom is 0.243 e. The fraction of sp³-hybridized carbons (Fsp3) is 0.176. The molecule has 0 aliphatic carbocycles. The summed E-state index contributed by atoms with van der Waals surface area (Å²) >= 11 is 0. The van der Waals surface area contributed by atoms with E-state index in [9.17, 15) is 9.90 Å². The number of aromatic hydroxyl groups is 1. The zero-order valence-corrected chi connectivity index (χ0v) is 14.2. The average Bonchev–Trinajstić information content (AvgIpc) is 3.00. The third kappa shape index (κ3) is 4.31. The minimum atomic E-state index is -0.0924. The average molecular weight is 342 g/mol. The molecule has 0 aliphatic rings. The van der Waals surface area contributed by atoms with E-state index in [2.05, 4.69) is 5.10 Å². The van der Waals surface area contributed by atoms with Crippen LogP contribution in [0.1, 0.15) is 11.1 Å². The van der Waals surface area contributed by atoms with Crippen molar-refractivity contribution in [3.8, 4) is 5.75 Å². The first-order chi connectivity index (χ1) is 11.8. The molecular weight excluding hydrogens is 320 g/mol. The summed E-state index contributed by atoms with van der Waals surface area (Å²) in [4.78, 5) is 13.2. The summed E-state index contributed by atoms with van der Waals surface area (Å²) < 4.78 is 1.49. The molecule has 0 fully saturated rings. The Morgan fingerprint density at radius 3 is 2.56 bits per heavy atom. The van der Waals surface area contributed by atoms with Gasteiger partial charge in [-0.3, -0.25) is 9.48 Å². The van der Waals surface area contributed by atoms with Crippen LogP contribution in [0, 0.1) is 0 Å². The zero-order valence-electron chi connectivity index (χ0n) is 14.2. The van der Waals surface area contributed by atoms with E-state index in [4.69, 9.17) is 17.2 Å². The Labute approximate surface area is 145 Å². The van der Waals surface area contributed by atoms with Crippen molar-refractivity contribution >= 4 is 17.2 Å². The molecule has 2 aromatic rings. The predicted molar refractivity (Wildman–Crippen MR) is 96.5 cm³/mol. The maximum absolute atomic E-state index is 11.8. The van der Waals surface area contributed by atoms with Crippen molar-refractivity contribution in [3.05, 3.63) is 59.7 Å². The van der Waals surface area contributed by atoms with Gasteiger partial charge >= 0.3 is 0 Å². The molecule has 0 atom stereocenters. The monoisotopic (exact) mass is 342 g/mol. The van der Waals surface area contributed by atoms with Gasteiger partial charge in [0.15, 0.2) is 0 Å². The van der Waals surface area contributed by atoms with Gasteiger partial charge in [0.2, 0.25) is 5.91 Å². The molecule has 0 unspecified atom stereocenters. The number of allylic oxidation sites excluding steroid dienone is 2. The molecule has 132 valence electrons. The lowest BCUT2D eigenvalue weighted by atomic mass is 10.0. The van der Waals surface area contributed by atoms with E-state index < -0.39 is 0 Å². The molecule has 1 amide bonds. The van der Waals surface area contributed by atoms with Gasteiger partial charge in [0, 0.05) is 42.7 Å². The van der Waals surface area contributed by atoms with Crippen molar-refractivity contribution in [2.45, 2.75) is 6.54 Å². The second kappa shape index (κ2) is 7.43. The number of benzene rings is 1. The van der Waals surface area contributed by atoms with Crippen LogP contribution in [0.5, 0.6) is 5.75 Å². The lowest BCUT2D eigenvalue weighted by molar-refractivity contribution is -0.129. The Morgan fingerprint density at radius 2 is 1.96 bits per heavy atom. The molecule has 7 N–H and O–H groups in total. The lowest BCUT2D eigenvalue weighted by Gasteiger charge is -2.09. The molecule has 2 rings (SSSR count). The number of amides is 1. The zero-order chi connectivity index (χ0) is 18.6. The van der Waals surface area contributed by atoms with Crippen molar-refractivity contribution in [1.29, 1.82) is 0 Å². The second-order valence-electron chi connectivity index (χ2n) is 5.70. The summed E-state index contributed by atoms with van der Waals surface area (Å²) in [5.41, 5.74) is 19.5. The normalized spacial score (nSPS) is 11.2. The van der Waals surface area contributed by atoms with Gasteiger partial charge in [-0.25, -0.2) is 0 Å². The molecule has 8 nitrogen and oxygen atoms in total. The fourth-order valence-corrected chi connectivity index (χ4v) is 2.15. The third-order valence-corrected chi connectivity index (χ3v) is 3.57. The Bertz CT molecular complexity index is 831. The van der Waals surface area contributed by atoms with Crippen LogP contribution in [0.2, 0.25) is 0 Å². The summed E-state index contributed by atoms with van der Waals surface area (Å²) in [5, 5.41) is 14.0. The van der Waals surface area contributed by atoms with Crippen LogP contribution in [0.3, 0.4) is 0 Å². The molecule has 1 aromatic carbocycles. The molecular formula is C17H22N6O2. The van der Waals surface area contributed by atoms with E-state index in [1.165, 1.54) is 15.6 Å². The Hall–Kier alpha value is -3.42. The van der Waals surface area contributed by atoms with Gasteiger partial charge in [-0.2, -0.15) is 5.10 Å². The fourth-order valence-electron chi connectivity index (χ4n) is 2.15. The highest BCUT2D eigenvalue weighted by molar-refractivity contribution is 5.85. The van der Waals surface area contributed by atoms with E-state index in [1.54, 1.807) is 50.8 Å². The molecule has 0 radical (unpaired) electrons. The van der Waals surface area contributed by atoms with E-state index in [1.807, 2.05) is 0 Å². The number of nitrogens with zero attached hydrogens (tertiary/aromatic N) is 3. The van der Waals surface area contributed by atoms with Gasteiger partial charge in [-0.05, 0) is 18.2 Å². The van der Waals surface area contributed by atoms with Crippen LogP contribution in [-0.4, -0.2) is 39.8 Å². The summed E-state index contributed by atoms with van der Waals surface area (Å²) in [6.07, 6.45) is 4.78. The van der Waals surface area contributed by atoms with Crippen molar-refractivity contribution in [2.75, 3.05) is 14.1 Å². The molecule has 0 bridgehead atoms. The van der Waals surface area contributed by atoms with Gasteiger partial charge in [-0.15, -0.1) is 0 Å². The Morgan fingerprint density at radius 1 is 1.28 bits per heavy atom. The molecule has 25 heavy (non-hydrogen) atoms. The molecule has 1 heterocycles. The van der Waals surface area contributed by atoms with Crippen LogP contribution in [-0.2, 0) is 11.3 Å². The molecule has 1 aromatic heterocycles. The second-order valence-corrected chi connectivity index (χ2v) is 5.70. The van der Waals surface area contributed by atoms with E-state index in [0.29, 0.717) is 22.4 Å². The Kier molecular flexibility index (Phi) is 5.33. The third-order valence-electron chi connectivity index (χ3n) is 3.57. The highest BCUT2D eigenvalue weighted by Gasteiger charge is 2.11. The van der Waals surface area contributed by atoms with Crippen LogP contribution >= 0.6 is 0 Å². The Balaban J connectivity index is 2.33. The minimum absolute atomic E-state index is 0.0526. The summed E-state index contributed by atoms with van der Waals surface area (Å²) in [6, 6.07) is 6.68. The van der Waals surface area contributed by atoms with Crippen LogP contribution in [0.4, 0.5) is 0 Å². The van der Waals surface area contributed by atoms with Crippen LogP contribution < -0.4 is 17.2 Å². The van der Waals surface area contributed by atoms with Crippen molar-refractivity contribution in [2.24, 2.45) is 17.2 Å². The van der Waals surface area contributed by atoms with Crippen LogP contribution in [0.15, 0.2) is 48.6 Å². The predicted octanol–water partition coefficient (Wildman–Crippen LogP) is 0.263. The number of hydrogen-bond donors (Lipinski definition) is 4.